The van der Waals surface area contributed by atoms with E-state index in [1.54, 1.807) is 11.7 Å². The highest BCUT2D eigenvalue weighted by Crippen LogP contribution is 2.39. The molecular weight excluding hydrogens is 242 g/mol. The maximum absolute atomic E-state index is 12.4. The molecule has 5 heteroatoms. The minimum absolute atomic E-state index is 0.0786. The fraction of sp³-hybridized carbons (Fsp3) is 0.429. The molecule has 1 aromatic carbocycles. The Morgan fingerprint density at radius 1 is 1.32 bits per heavy atom. The molecule has 1 aliphatic carbocycles. The van der Waals surface area contributed by atoms with Crippen LogP contribution in [-0.4, -0.2) is 28.1 Å². The van der Waals surface area contributed by atoms with Gasteiger partial charge in [0.2, 0.25) is 0 Å². The topological polar surface area (TPSA) is 49.0 Å². The largest absolute Gasteiger partial charge is 0.383 e. The number of rotatable bonds is 5. The number of nitrogens with zero attached hydrogens (tertiary/aromatic N) is 3. The molecule has 1 heterocycles. The second kappa shape index (κ2) is 5.01. The molecule has 0 atom stereocenters. The molecule has 0 aliphatic heterocycles. The van der Waals surface area contributed by atoms with Gasteiger partial charge in [-0.15, -0.1) is 0 Å². The normalized spacial score (nSPS) is 14.8. The molecule has 3 rings (SSSR count). The second-order valence-electron chi connectivity index (χ2n) is 4.80. The van der Waals surface area contributed by atoms with Gasteiger partial charge in [-0.25, -0.2) is 14.0 Å². The van der Waals surface area contributed by atoms with Crippen LogP contribution in [-0.2, 0) is 11.3 Å². The molecular formula is C14H17N3O2. The molecule has 0 spiro atoms. The fourth-order valence-electron chi connectivity index (χ4n) is 2.17. The van der Waals surface area contributed by atoms with Crippen molar-refractivity contribution in [3.63, 3.8) is 0 Å². The predicted molar refractivity (Wildman–Crippen MR) is 71.7 cm³/mol. The third-order valence-electron chi connectivity index (χ3n) is 3.33. The lowest BCUT2D eigenvalue weighted by molar-refractivity contribution is 0.182. The van der Waals surface area contributed by atoms with Gasteiger partial charge in [-0.1, -0.05) is 18.2 Å². The van der Waals surface area contributed by atoms with Crippen molar-refractivity contribution in [2.45, 2.75) is 25.3 Å². The SMILES string of the molecule is COCCn1nc(C2CC2)n(-c2ccccc2)c1=O. The third kappa shape index (κ3) is 2.33. The highest BCUT2D eigenvalue weighted by Gasteiger charge is 2.31. The van der Waals surface area contributed by atoms with E-state index in [2.05, 4.69) is 5.10 Å². The quantitative estimate of drug-likeness (QED) is 0.818. The molecule has 1 aliphatic rings. The first kappa shape index (κ1) is 12.2. The average molecular weight is 259 g/mol. The molecule has 0 bridgehead atoms. The van der Waals surface area contributed by atoms with Gasteiger partial charge in [-0.05, 0) is 25.0 Å². The number of para-hydroxylation sites is 1. The minimum atomic E-state index is -0.0786. The monoisotopic (exact) mass is 259 g/mol. The number of methoxy groups -OCH3 is 1. The first-order valence-corrected chi connectivity index (χ1v) is 6.55. The van der Waals surface area contributed by atoms with Crippen LogP contribution in [0.15, 0.2) is 35.1 Å². The lowest BCUT2D eigenvalue weighted by atomic mass is 10.3. The summed E-state index contributed by atoms with van der Waals surface area (Å²) in [5.41, 5.74) is 0.809. The van der Waals surface area contributed by atoms with Crippen molar-refractivity contribution >= 4 is 0 Å². The molecule has 100 valence electrons. The summed E-state index contributed by atoms with van der Waals surface area (Å²) in [6.07, 6.45) is 2.24. The molecule has 5 nitrogen and oxygen atoms in total. The zero-order chi connectivity index (χ0) is 13.2. The summed E-state index contributed by atoms with van der Waals surface area (Å²) in [4.78, 5) is 12.4. The Hall–Kier alpha value is -1.88. The zero-order valence-electron chi connectivity index (χ0n) is 11.0. The van der Waals surface area contributed by atoms with E-state index in [0.29, 0.717) is 19.1 Å². The molecule has 1 aromatic heterocycles. The van der Waals surface area contributed by atoms with Crippen molar-refractivity contribution in [2.75, 3.05) is 13.7 Å². The van der Waals surface area contributed by atoms with Crippen LogP contribution in [0.1, 0.15) is 24.6 Å². The number of hydrogen-bond donors (Lipinski definition) is 0. The predicted octanol–water partition coefficient (Wildman–Crippen LogP) is 1.56. The number of hydrogen-bond acceptors (Lipinski definition) is 3. The van der Waals surface area contributed by atoms with Crippen LogP contribution in [0.4, 0.5) is 0 Å². The molecule has 0 amide bonds. The van der Waals surface area contributed by atoms with E-state index < -0.39 is 0 Å². The summed E-state index contributed by atoms with van der Waals surface area (Å²) in [5, 5.41) is 4.47. The van der Waals surface area contributed by atoms with Gasteiger partial charge in [0.05, 0.1) is 18.8 Å². The Labute approximate surface area is 111 Å². The van der Waals surface area contributed by atoms with Crippen LogP contribution in [0.5, 0.6) is 0 Å². The van der Waals surface area contributed by atoms with Crippen molar-refractivity contribution in [3.05, 3.63) is 46.6 Å². The van der Waals surface area contributed by atoms with E-state index in [-0.39, 0.29) is 5.69 Å². The highest BCUT2D eigenvalue weighted by atomic mass is 16.5. The van der Waals surface area contributed by atoms with E-state index in [4.69, 9.17) is 4.74 Å². The standard InChI is InChI=1S/C14H17N3O2/c1-19-10-9-16-14(18)17(12-5-3-2-4-6-12)13(15-16)11-7-8-11/h2-6,11H,7-10H2,1H3. The van der Waals surface area contributed by atoms with Crippen molar-refractivity contribution in [1.29, 1.82) is 0 Å². The lowest BCUT2D eigenvalue weighted by Crippen LogP contribution is -2.25. The van der Waals surface area contributed by atoms with Crippen molar-refractivity contribution in [3.8, 4) is 5.69 Å². The molecule has 0 unspecified atom stereocenters. The number of benzene rings is 1. The molecule has 1 saturated carbocycles. The van der Waals surface area contributed by atoms with E-state index in [9.17, 15) is 4.79 Å². The van der Waals surface area contributed by atoms with Gasteiger partial charge in [0.15, 0.2) is 0 Å². The Morgan fingerprint density at radius 3 is 2.68 bits per heavy atom. The maximum atomic E-state index is 12.4. The van der Waals surface area contributed by atoms with Gasteiger partial charge < -0.3 is 4.74 Å². The number of aromatic nitrogens is 3. The Kier molecular flexibility index (Phi) is 3.21. The van der Waals surface area contributed by atoms with Crippen LogP contribution >= 0.6 is 0 Å². The third-order valence-corrected chi connectivity index (χ3v) is 3.33. The summed E-state index contributed by atoms with van der Waals surface area (Å²) in [6.45, 7) is 0.991. The lowest BCUT2D eigenvalue weighted by Gasteiger charge is -2.03. The Bertz CT molecular complexity index is 611. The van der Waals surface area contributed by atoms with E-state index >= 15 is 0 Å². The summed E-state index contributed by atoms with van der Waals surface area (Å²) in [6, 6.07) is 9.70. The van der Waals surface area contributed by atoms with E-state index in [1.165, 1.54) is 4.68 Å². The summed E-state index contributed by atoms with van der Waals surface area (Å²) >= 11 is 0. The molecule has 2 aromatic rings. The van der Waals surface area contributed by atoms with Gasteiger partial charge >= 0.3 is 5.69 Å². The summed E-state index contributed by atoms with van der Waals surface area (Å²) in [7, 11) is 1.63. The molecule has 1 fully saturated rings. The van der Waals surface area contributed by atoms with Crippen LogP contribution in [0.3, 0.4) is 0 Å². The molecule has 0 saturated heterocycles. The van der Waals surface area contributed by atoms with Gasteiger partial charge in [0.25, 0.3) is 0 Å². The smallest absolute Gasteiger partial charge is 0.350 e. The first-order chi connectivity index (χ1) is 9.31. The van der Waals surface area contributed by atoms with Gasteiger partial charge in [0, 0.05) is 13.0 Å². The molecule has 0 N–H and O–H groups in total. The summed E-state index contributed by atoms with van der Waals surface area (Å²) < 4.78 is 8.26. The Balaban J connectivity index is 2.06. The van der Waals surface area contributed by atoms with Gasteiger partial charge in [-0.2, -0.15) is 5.10 Å². The van der Waals surface area contributed by atoms with Crippen LogP contribution in [0, 0.1) is 0 Å². The maximum Gasteiger partial charge on any atom is 0.350 e. The van der Waals surface area contributed by atoms with E-state index in [0.717, 1.165) is 24.4 Å². The van der Waals surface area contributed by atoms with Crippen molar-refractivity contribution in [1.82, 2.24) is 14.3 Å². The van der Waals surface area contributed by atoms with E-state index in [1.807, 2.05) is 30.3 Å². The number of ether oxygens (including phenoxy) is 1. The second-order valence-corrected chi connectivity index (χ2v) is 4.80. The first-order valence-electron chi connectivity index (χ1n) is 6.55. The molecule has 19 heavy (non-hydrogen) atoms. The van der Waals surface area contributed by atoms with Crippen LogP contribution in [0.25, 0.3) is 5.69 Å². The minimum Gasteiger partial charge on any atom is -0.383 e. The van der Waals surface area contributed by atoms with Crippen LogP contribution < -0.4 is 5.69 Å². The average Bonchev–Trinajstić information content (AvgIpc) is 3.23. The zero-order valence-corrected chi connectivity index (χ0v) is 11.0. The van der Waals surface area contributed by atoms with Gasteiger partial charge in [-0.3, -0.25) is 0 Å². The summed E-state index contributed by atoms with van der Waals surface area (Å²) in [5.74, 6) is 1.31. The van der Waals surface area contributed by atoms with Crippen molar-refractivity contribution in [2.24, 2.45) is 0 Å². The fourth-order valence-corrected chi connectivity index (χ4v) is 2.17. The highest BCUT2D eigenvalue weighted by molar-refractivity contribution is 5.33. The Morgan fingerprint density at radius 2 is 2.05 bits per heavy atom. The van der Waals surface area contributed by atoms with Crippen molar-refractivity contribution < 1.29 is 4.74 Å². The van der Waals surface area contributed by atoms with Gasteiger partial charge in [0.1, 0.15) is 5.82 Å². The molecule has 0 radical (unpaired) electrons. The van der Waals surface area contributed by atoms with Crippen LogP contribution in [0.2, 0.25) is 0 Å².